The minimum Gasteiger partial charge on any atom is -0.386 e. The molecule has 1 N–H and O–H groups in total. The Balaban J connectivity index is 1.96. The second kappa shape index (κ2) is 4.72. The van der Waals surface area contributed by atoms with Crippen molar-refractivity contribution in [2.24, 2.45) is 28.6 Å². The fourth-order valence-corrected chi connectivity index (χ4v) is 6.01. The molecule has 0 heterocycles. The molecule has 3 aliphatic rings. The van der Waals surface area contributed by atoms with Gasteiger partial charge in [-0.25, -0.2) is 0 Å². The summed E-state index contributed by atoms with van der Waals surface area (Å²) in [5.74, 6) is 2.25. The van der Waals surface area contributed by atoms with Crippen molar-refractivity contribution in [3.63, 3.8) is 0 Å². The van der Waals surface area contributed by atoms with Gasteiger partial charge in [0.1, 0.15) is 0 Å². The lowest BCUT2D eigenvalue weighted by molar-refractivity contribution is -0.0311. The zero-order valence-corrected chi connectivity index (χ0v) is 14.3. The van der Waals surface area contributed by atoms with Crippen molar-refractivity contribution in [1.82, 2.24) is 0 Å². The van der Waals surface area contributed by atoms with Crippen LogP contribution in [0.5, 0.6) is 0 Å². The fraction of sp³-hybridized carbons (Fsp3) is 0.800. The molecule has 0 aromatic heterocycles. The van der Waals surface area contributed by atoms with E-state index >= 15 is 0 Å². The maximum absolute atomic E-state index is 10.5. The molecule has 3 aliphatic carbocycles. The molecule has 118 valence electrons. The zero-order chi connectivity index (χ0) is 15.5. The highest BCUT2D eigenvalue weighted by Crippen LogP contribution is 2.65. The molecule has 3 rings (SSSR count). The summed E-state index contributed by atoms with van der Waals surface area (Å²) in [6.07, 6.45) is 11.8. The largest absolute Gasteiger partial charge is 0.386 e. The van der Waals surface area contributed by atoms with Gasteiger partial charge in [0.05, 0.1) is 5.60 Å². The van der Waals surface area contributed by atoms with Gasteiger partial charge >= 0.3 is 0 Å². The molecule has 0 aliphatic heterocycles. The maximum Gasteiger partial charge on any atom is 0.0800 e. The van der Waals surface area contributed by atoms with Crippen LogP contribution in [0.3, 0.4) is 0 Å². The van der Waals surface area contributed by atoms with Crippen molar-refractivity contribution in [2.45, 2.75) is 71.8 Å². The van der Waals surface area contributed by atoms with E-state index in [1.54, 1.807) is 0 Å². The highest BCUT2D eigenvalue weighted by atomic mass is 16.3. The summed E-state index contributed by atoms with van der Waals surface area (Å²) in [6.45, 7) is 13.4. The number of hydrogen-bond donors (Lipinski definition) is 1. The third kappa shape index (κ3) is 2.32. The molecular weight excluding hydrogens is 256 g/mol. The predicted octanol–water partition coefficient (Wildman–Crippen LogP) is 5.11. The van der Waals surface area contributed by atoms with Gasteiger partial charge in [-0.3, -0.25) is 0 Å². The monoisotopic (exact) mass is 288 g/mol. The molecule has 0 radical (unpaired) electrons. The van der Waals surface area contributed by atoms with Crippen LogP contribution < -0.4 is 0 Å². The molecule has 1 heteroatoms. The zero-order valence-electron chi connectivity index (χ0n) is 14.3. The van der Waals surface area contributed by atoms with E-state index < -0.39 is 5.60 Å². The topological polar surface area (TPSA) is 20.2 Å². The first-order valence-corrected chi connectivity index (χ1v) is 8.76. The molecule has 6 atom stereocenters. The molecule has 0 saturated heterocycles. The highest BCUT2D eigenvalue weighted by molar-refractivity contribution is 5.19. The molecule has 1 nitrogen and oxygen atoms in total. The van der Waals surface area contributed by atoms with E-state index in [1.165, 1.54) is 31.3 Å². The SMILES string of the molecule is C=C(C)[C@@H]1CC[C@]2(C)[C@@H]1CC[C@]1(C)C=C[C@](C)(O)CC[C@@H]21. The van der Waals surface area contributed by atoms with E-state index in [1.807, 2.05) is 6.92 Å². The summed E-state index contributed by atoms with van der Waals surface area (Å²) in [7, 11) is 0. The minimum absolute atomic E-state index is 0.274. The van der Waals surface area contributed by atoms with E-state index in [4.69, 9.17) is 0 Å². The number of fused-ring (bicyclic) bond motifs is 3. The lowest BCUT2D eigenvalue weighted by Crippen LogP contribution is -2.46. The van der Waals surface area contributed by atoms with Crippen molar-refractivity contribution in [1.29, 1.82) is 0 Å². The lowest BCUT2D eigenvalue weighted by atomic mass is 9.51. The third-order valence-electron chi connectivity index (χ3n) is 7.31. The molecule has 0 spiro atoms. The summed E-state index contributed by atoms with van der Waals surface area (Å²) >= 11 is 0. The van der Waals surface area contributed by atoms with Gasteiger partial charge in [-0.15, -0.1) is 0 Å². The van der Waals surface area contributed by atoms with Crippen LogP contribution in [0.4, 0.5) is 0 Å². The second-order valence-electron chi connectivity index (χ2n) is 8.93. The average molecular weight is 288 g/mol. The Morgan fingerprint density at radius 1 is 1.05 bits per heavy atom. The molecule has 0 aromatic carbocycles. The summed E-state index contributed by atoms with van der Waals surface area (Å²) < 4.78 is 0. The summed E-state index contributed by atoms with van der Waals surface area (Å²) in [4.78, 5) is 0. The normalized spacial score (nSPS) is 52.9. The second-order valence-corrected chi connectivity index (χ2v) is 8.93. The first-order chi connectivity index (χ1) is 9.68. The maximum atomic E-state index is 10.5. The van der Waals surface area contributed by atoms with Crippen molar-refractivity contribution >= 4 is 0 Å². The van der Waals surface area contributed by atoms with Gasteiger partial charge in [0, 0.05) is 0 Å². The van der Waals surface area contributed by atoms with Gasteiger partial charge in [-0.2, -0.15) is 0 Å². The molecule has 2 saturated carbocycles. The summed E-state index contributed by atoms with van der Waals surface area (Å²) in [6, 6.07) is 0. The number of aliphatic hydroxyl groups is 1. The Morgan fingerprint density at radius 3 is 2.43 bits per heavy atom. The van der Waals surface area contributed by atoms with Gasteiger partial charge in [-0.05, 0) is 81.0 Å². The van der Waals surface area contributed by atoms with Crippen LogP contribution in [0.1, 0.15) is 66.2 Å². The first kappa shape index (κ1) is 15.3. The van der Waals surface area contributed by atoms with Crippen LogP contribution in [-0.4, -0.2) is 10.7 Å². The summed E-state index contributed by atoms with van der Waals surface area (Å²) in [5.41, 5.74) is 1.49. The van der Waals surface area contributed by atoms with Crippen LogP contribution in [0.2, 0.25) is 0 Å². The molecule has 0 unspecified atom stereocenters. The Morgan fingerprint density at radius 2 is 1.76 bits per heavy atom. The molecular formula is C20H32O. The summed E-state index contributed by atoms with van der Waals surface area (Å²) in [5, 5.41) is 10.5. The third-order valence-corrected chi connectivity index (χ3v) is 7.31. The van der Waals surface area contributed by atoms with E-state index in [2.05, 4.69) is 39.5 Å². The Hall–Kier alpha value is -0.560. The number of allylic oxidation sites excluding steroid dienone is 2. The van der Waals surface area contributed by atoms with Gasteiger partial charge in [0.15, 0.2) is 0 Å². The predicted molar refractivity (Wildman–Crippen MR) is 89.0 cm³/mol. The minimum atomic E-state index is -0.613. The van der Waals surface area contributed by atoms with Crippen molar-refractivity contribution in [2.75, 3.05) is 0 Å². The Labute approximate surface area is 130 Å². The molecule has 0 bridgehead atoms. The van der Waals surface area contributed by atoms with Crippen LogP contribution in [0.15, 0.2) is 24.3 Å². The number of hydrogen-bond acceptors (Lipinski definition) is 1. The van der Waals surface area contributed by atoms with Crippen LogP contribution in [-0.2, 0) is 0 Å². The Kier molecular flexibility index (Phi) is 3.44. The van der Waals surface area contributed by atoms with Crippen molar-refractivity contribution < 1.29 is 5.11 Å². The van der Waals surface area contributed by atoms with Crippen LogP contribution in [0.25, 0.3) is 0 Å². The van der Waals surface area contributed by atoms with Gasteiger partial charge in [0.2, 0.25) is 0 Å². The number of rotatable bonds is 1. The van der Waals surface area contributed by atoms with Crippen molar-refractivity contribution in [3.8, 4) is 0 Å². The van der Waals surface area contributed by atoms with E-state index in [0.29, 0.717) is 11.3 Å². The van der Waals surface area contributed by atoms with Gasteiger partial charge in [-0.1, -0.05) is 38.2 Å². The molecule has 0 amide bonds. The van der Waals surface area contributed by atoms with Crippen LogP contribution in [0, 0.1) is 28.6 Å². The van der Waals surface area contributed by atoms with Crippen molar-refractivity contribution in [3.05, 3.63) is 24.3 Å². The average Bonchev–Trinajstić information content (AvgIpc) is 2.66. The lowest BCUT2D eigenvalue weighted by Gasteiger charge is -2.54. The van der Waals surface area contributed by atoms with Crippen LogP contribution >= 0.6 is 0 Å². The highest BCUT2D eigenvalue weighted by Gasteiger charge is 2.57. The van der Waals surface area contributed by atoms with E-state index in [0.717, 1.165) is 24.7 Å². The molecule has 0 aromatic rings. The molecule has 21 heavy (non-hydrogen) atoms. The Bertz CT molecular complexity index is 474. The van der Waals surface area contributed by atoms with E-state index in [-0.39, 0.29) is 5.41 Å². The van der Waals surface area contributed by atoms with Gasteiger partial charge < -0.3 is 5.11 Å². The quantitative estimate of drug-likeness (QED) is 0.665. The van der Waals surface area contributed by atoms with Gasteiger partial charge in [0.25, 0.3) is 0 Å². The molecule has 2 fully saturated rings. The first-order valence-electron chi connectivity index (χ1n) is 8.76. The standard InChI is InChI=1S/C20H32O/c1-14(2)15-6-11-20(5)16(15)7-9-18(3)12-13-19(4,21)10-8-17(18)20/h12-13,15-17,21H,1,6-11H2,2-5H3/t15-,16+,17+,18+,19+,20+/m0/s1. The van der Waals surface area contributed by atoms with E-state index in [9.17, 15) is 5.11 Å². The smallest absolute Gasteiger partial charge is 0.0800 e. The fourth-order valence-electron chi connectivity index (χ4n) is 6.01.